The average Bonchev–Trinajstić information content (AvgIpc) is 2.77. The van der Waals surface area contributed by atoms with Gasteiger partial charge < -0.3 is 19.6 Å². The SMILES string of the molecule is O=c1[nH]c2cc3c(cc2cc1CN(CCO)S(=O)(=O)c1ccccc1[N+](=O)[O-])OCCO3. The van der Waals surface area contributed by atoms with Gasteiger partial charge in [-0.1, -0.05) is 12.1 Å². The molecule has 0 radical (unpaired) electrons. The van der Waals surface area contributed by atoms with Crippen LogP contribution in [0.25, 0.3) is 10.9 Å². The van der Waals surface area contributed by atoms with Gasteiger partial charge in [-0.3, -0.25) is 14.9 Å². The fourth-order valence-corrected chi connectivity index (χ4v) is 5.02. The molecule has 3 aromatic rings. The Balaban J connectivity index is 1.75. The molecule has 12 heteroatoms. The van der Waals surface area contributed by atoms with Gasteiger partial charge in [-0.05, 0) is 18.2 Å². The summed E-state index contributed by atoms with van der Waals surface area (Å²) in [5, 5.41) is 21.3. The maximum absolute atomic E-state index is 13.2. The highest BCUT2D eigenvalue weighted by Gasteiger charge is 2.31. The number of nitrogens with zero attached hydrogens (tertiary/aromatic N) is 2. The molecule has 4 rings (SSSR count). The summed E-state index contributed by atoms with van der Waals surface area (Å²) in [6.45, 7) is -0.515. The Hall–Kier alpha value is -3.48. The summed E-state index contributed by atoms with van der Waals surface area (Å²) >= 11 is 0. The maximum Gasteiger partial charge on any atom is 0.289 e. The molecule has 0 spiro atoms. The second-order valence-electron chi connectivity index (χ2n) is 6.99. The lowest BCUT2D eigenvalue weighted by Crippen LogP contribution is -2.35. The largest absolute Gasteiger partial charge is 0.486 e. The van der Waals surface area contributed by atoms with E-state index in [0.717, 1.165) is 16.4 Å². The van der Waals surface area contributed by atoms with Crippen molar-refractivity contribution in [2.24, 2.45) is 0 Å². The van der Waals surface area contributed by atoms with E-state index < -0.39 is 44.2 Å². The molecule has 0 atom stereocenters. The zero-order chi connectivity index (χ0) is 22.9. The zero-order valence-electron chi connectivity index (χ0n) is 16.7. The number of rotatable bonds is 7. The monoisotopic (exact) mass is 461 g/mol. The van der Waals surface area contributed by atoms with Gasteiger partial charge in [0.05, 0.1) is 17.0 Å². The Morgan fingerprint density at radius 2 is 1.81 bits per heavy atom. The number of aromatic nitrogens is 1. The van der Waals surface area contributed by atoms with Crippen LogP contribution in [0.15, 0.2) is 52.2 Å². The van der Waals surface area contributed by atoms with Crippen LogP contribution in [-0.4, -0.2) is 54.1 Å². The van der Waals surface area contributed by atoms with Crippen molar-refractivity contribution in [1.82, 2.24) is 9.29 Å². The van der Waals surface area contributed by atoms with Crippen LogP contribution < -0.4 is 15.0 Å². The lowest BCUT2D eigenvalue weighted by atomic mass is 10.1. The first-order valence-electron chi connectivity index (χ1n) is 9.61. The van der Waals surface area contributed by atoms with E-state index in [9.17, 15) is 28.4 Å². The minimum Gasteiger partial charge on any atom is -0.486 e. The molecule has 32 heavy (non-hydrogen) atoms. The number of benzene rings is 2. The summed E-state index contributed by atoms with van der Waals surface area (Å²) in [6.07, 6.45) is 0. The van der Waals surface area contributed by atoms with E-state index in [4.69, 9.17) is 9.47 Å². The van der Waals surface area contributed by atoms with Crippen molar-refractivity contribution in [3.05, 3.63) is 68.5 Å². The standard InChI is InChI=1S/C20H19N3O8S/c24-6-5-22(32(28,29)19-4-2-1-3-16(19)23(26)27)12-14-9-13-10-17-18(31-8-7-30-17)11-15(13)21-20(14)25/h1-4,9-11,24H,5-8,12H2,(H,21,25). The van der Waals surface area contributed by atoms with Gasteiger partial charge in [0.1, 0.15) is 13.2 Å². The van der Waals surface area contributed by atoms with Crippen molar-refractivity contribution in [1.29, 1.82) is 0 Å². The van der Waals surface area contributed by atoms with Crippen molar-refractivity contribution in [2.45, 2.75) is 11.4 Å². The van der Waals surface area contributed by atoms with Crippen molar-refractivity contribution in [3.8, 4) is 11.5 Å². The summed E-state index contributed by atoms with van der Waals surface area (Å²) in [4.78, 5) is 25.4. The van der Waals surface area contributed by atoms with Crippen LogP contribution in [0, 0.1) is 10.1 Å². The number of nitro benzene ring substituents is 1. The number of ether oxygens (including phenoxy) is 2. The number of nitro groups is 1. The molecular weight excluding hydrogens is 442 g/mol. The summed E-state index contributed by atoms with van der Waals surface area (Å²) < 4.78 is 38.3. The Bertz CT molecular complexity index is 1350. The minimum absolute atomic E-state index is 0.102. The van der Waals surface area contributed by atoms with Crippen LogP contribution >= 0.6 is 0 Å². The molecule has 1 aliphatic heterocycles. The number of sulfonamides is 1. The molecule has 2 N–H and O–H groups in total. The summed E-state index contributed by atoms with van der Waals surface area (Å²) in [7, 11) is -4.39. The second kappa shape index (κ2) is 8.57. The van der Waals surface area contributed by atoms with Crippen LogP contribution in [0.4, 0.5) is 5.69 Å². The second-order valence-corrected chi connectivity index (χ2v) is 8.90. The summed E-state index contributed by atoms with van der Waals surface area (Å²) in [5.74, 6) is 0.995. The number of pyridine rings is 1. The fraction of sp³-hybridized carbons (Fsp3) is 0.250. The third-order valence-corrected chi connectivity index (χ3v) is 6.85. The topological polar surface area (TPSA) is 152 Å². The fourth-order valence-electron chi connectivity index (χ4n) is 3.46. The van der Waals surface area contributed by atoms with Crippen molar-refractivity contribution in [2.75, 3.05) is 26.4 Å². The first kappa shape index (κ1) is 21.7. The third-order valence-electron chi connectivity index (χ3n) is 4.96. The highest BCUT2D eigenvalue weighted by molar-refractivity contribution is 7.89. The number of aliphatic hydroxyl groups is 1. The highest BCUT2D eigenvalue weighted by Crippen LogP contribution is 2.34. The molecule has 11 nitrogen and oxygen atoms in total. The number of para-hydroxylation sites is 1. The quantitative estimate of drug-likeness (QED) is 0.395. The lowest BCUT2D eigenvalue weighted by Gasteiger charge is -2.21. The molecule has 0 bridgehead atoms. The first-order chi connectivity index (χ1) is 15.3. The number of hydrogen-bond acceptors (Lipinski definition) is 8. The van der Waals surface area contributed by atoms with Crippen LogP contribution in [0.3, 0.4) is 0 Å². The van der Waals surface area contributed by atoms with Gasteiger partial charge in [0.2, 0.25) is 10.0 Å². The van der Waals surface area contributed by atoms with Crippen LogP contribution in [0.5, 0.6) is 11.5 Å². The van der Waals surface area contributed by atoms with E-state index in [1.54, 1.807) is 12.1 Å². The van der Waals surface area contributed by atoms with E-state index >= 15 is 0 Å². The van der Waals surface area contributed by atoms with Crippen molar-refractivity contribution < 1.29 is 27.9 Å². The number of fused-ring (bicyclic) bond motifs is 2. The van der Waals surface area contributed by atoms with E-state index in [1.807, 2.05) is 0 Å². The Morgan fingerprint density at radius 1 is 1.12 bits per heavy atom. The van der Waals surface area contributed by atoms with Gasteiger partial charge in [0, 0.05) is 36.2 Å². The van der Waals surface area contributed by atoms with Gasteiger partial charge in [0.25, 0.3) is 11.2 Å². The summed E-state index contributed by atoms with van der Waals surface area (Å²) in [6, 6.07) is 9.75. The van der Waals surface area contributed by atoms with E-state index in [-0.39, 0.29) is 12.1 Å². The van der Waals surface area contributed by atoms with Crippen LogP contribution in [0.1, 0.15) is 5.56 Å². The lowest BCUT2D eigenvalue weighted by molar-refractivity contribution is -0.387. The molecule has 0 unspecified atom stereocenters. The number of nitrogens with one attached hydrogen (secondary N) is 1. The molecule has 1 aliphatic rings. The third kappa shape index (κ3) is 4.02. The van der Waals surface area contributed by atoms with E-state index in [2.05, 4.69) is 4.98 Å². The van der Waals surface area contributed by atoms with Gasteiger partial charge in [0.15, 0.2) is 16.4 Å². The van der Waals surface area contributed by atoms with Crippen LogP contribution in [0.2, 0.25) is 0 Å². The number of H-pyrrole nitrogens is 1. The van der Waals surface area contributed by atoms with Gasteiger partial charge in [-0.15, -0.1) is 0 Å². The first-order valence-corrected chi connectivity index (χ1v) is 11.1. The smallest absolute Gasteiger partial charge is 0.289 e. The Kier molecular flexibility index (Phi) is 5.82. The summed E-state index contributed by atoms with van der Waals surface area (Å²) in [5.41, 5.74) is -0.537. The zero-order valence-corrected chi connectivity index (χ0v) is 17.5. The Morgan fingerprint density at radius 3 is 2.50 bits per heavy atom. The van der Waals surface area contributed by atoms with Gasteiger partial charge in [-0.2, -0.15) is 4.31 Å². The molecule has 0 saturated heterocycles. The molecule has 0 amide bonds. The average molecular weight is 461 g/mol. The van der Waals surface area contributed by atoms with Crippen LogP contribution in [-0.2, 0) is 16.6 Å². The predicted molar refractivity (Wildman–Crippen MR) is 113 cm³/mol. The predicted octanol–water partition coefficient (Wildman–Crippen LogP) is 1.39. The number of aliphatic hydroxyl groups excluding tert-OH is 1. The highest BCUT2D eigenvalue weighted by atomic mass is 32.2. The van der Waals surface area contributed by atoms with E-state index in [0.29, 0.717) is 35.6 Å². The molecule has 0 aliphatic carbocycles. The normalized spacial score (nSPS) is 13.4. The number of aromatic amines is 1. The van der Waals surface area contributed by atoms with Crippen molar-refractivity contribution in [3.63, 3.8) is 0 Å². The molecule has 0 saturated carbocycles. The number of hydrogen-bond donors (Lipinski definition) is 2. The molecule has 1 aromatic heterocycles. The van der Waals surface area contributed by atoms with Crippen molar-refractivity contribution >= 4 is 26.6 Å². The Labute approximate surface area is 182 Å². The molecular formula is C20H19N3O8S. The molecule has 168 valence electrons. The minimum atomic E-state index is -4.39. The van der Waals surface area contributed by atoms with Gasteiger partial charge in [-0.25, -0.2) is 8.42 Å². The molecule has 2 aromatic carbocycles. The molecule has 0 fully saturated rings. The maximum atomic E-state index is 13.2. The van der Waals surface area contributed by atoms with Gasteiger partial charge >= 0.3 is 0 Å². The van der Waals surface area contributed by atoms with E-state index in [1.165, 1.54) is 18.2 Å². The molecule has 2 heterocycles.